The van der Waals surface area contributed by atoms with Gasteiger partial charge in [0, 0.05) is 0 Å². The van der Waals surface area contributed by atoms with Crippen LogP contribution in [0.15, 0.2) is 0 Å². The highest BCUT2D eigenvalue weighted by molar-refractivity contribution is 4.87. The summed E-state index contributed by atoms with van der Waals surface area (Å²) in [6, 6.07) is 0. The van der Waals surface area contributed by atoms with Crippen LogP contribution in [0, 0.1) is 0 Å². The van der Waals surface area contributed by atoms with Crippen LogP contribution >= 0.6 is 0 Å². The Balaban J connectivity index is 2.63. The van der Waals surface area contributed by atoms with E-state index in [0.29, 0.717) is 0 Å². The second-order valence-corrected chi connectivity index (χ2v) is 2.72. The van der Waals surface area contributed by atoms with E-state index in [2.05, 4.69) is 4.74 Å². The number of rotatable bonds is 1. The highest BCUT2D eigenvalue weighted by Crippen LogP contribution is 2.18. The van der Waals surface area contributed by atoms with Crippen LogP contribution < -0.4 is 0 Å². The van der Waals surface area contributed by atoms with Gasteiger partial charge >= 0.3 is 0 Å². The molecule has 0 bridgehead atoms. The zero-order valence-corrected chi connectivity index (χ0v) is 6.24. The fourth-order valence-electron chi connectivity index (χ4n) is 1.08. The van der Waals surface area contributed by atoms with Crippen LogP contribution in [0.25, 0.3) is 0 Å². The van der Waals surface area contributed by atoms with Crippen LogP contribution in [-0.2, 0) is 4.74 Å². The molecule has 2 unspecified atom stereocenters. The minimum atomic E-state index is -1.57. The number of ether oxygens (including phenoxy) is 1. The van der Waals surface area contributed by atoms with Crippen LogP contribution in [0.5, 0.6) is 0 Å². The Bertz CT molecular complexity index is 146. The Morgan fingerprint density at radius 3 is 2.00 bits per heavy atom. The summed E-state index contributed by atoms with van der Waals surface area (Å²) in [7, 11) is 0. The van der Waals surface area contributed by atoms with E-state index in [1.807, 2.05) is 0 Å². The molecular weight excluding hydrogens is 168 g/mol. The van der Waals surface area contributed by atoms with Gasteiger partial charge in [-0.15, -0.1) is 0 Å². The Morgan fingerprint density at radius 2 is 1.50 bits per heavy atom. The Hall–Kier alpha value is -0.240. The molecule has 1 aliphatic rings. The van der Waals surface area contributed by atoms with Gasteiger partial charge in [0.1, 0.15) is 24.4 Å². The zero-order valence-electron chi connectivity index (χ0n) is 6.24. The van der Waals surface area contributed by atoms with Crippen LogP contribution in [-0.4, -0.2) is 62.8 Å². The first kappa shape index (κ1) is 9.85. The van der Waals surface area contributed by atoms with Crippen molar-refractivity contribution in [3.05, 3.63) is 0 Å². The predicted octanol–water partition coefficient (Wildman–Crippen LogP) is -3.22. The maximum Gasteiger partial charge on any atom is 0.184 e. The molecule has 0 aromatic rings. The summed E-state index contributed by atoms with van der Waals surface area (Å²) in [5.74, 6) is 0. The van der Waals surface area contributed by atoms with Gasteiger partial charge in [-0.05, 0) is 0 Å². The van der Waals surface area contributed by atoms with Gasteiger partial charge in [0.25, 0.3) is 0 Å². The van der Waals surface area contributed by atoms with Gasteiger partial charge in [-0.25, -0.2) is 0 Å². The molecule has 0 amide bonds. The topological polar surface area (TPSA) is 110 Å². The summed E-state index contributed by atoms with van der Waals surface area (Å²) in [5, 5.41) is 44.7. The molecule has 1 heterocycles. The summed E-state index contributed by atoms with van der Waals surface area (Å²) in [6.45, 7) is -0.526. The van der Waals surface area contributed by atoms with Gasteiger partial charge in [-0.2, -0.15) is 0 Å². The lowest BCUT2D eigenvalue weighted by Crippen LogP contribution is -2.58. The first-order chi connectivity index (χ1) is 5.57. The van der Waals surface area contributed by atoms with Crippen molar-refractivity contribution in [2.75, 3.05) is 6.61 Å². The monoisotopic (exact) mass is 180 g/mol. The second-order valence-electron chi connectivity index (χ2n) is 2.72. The fraction of sp³-hybridized carbons (Fsp3) is 1.00. The molecule has 6 nitrogen and oxygen atoms in total. The normalized spacial score (nSPS) is 49.2. The van der Waals surface area contributed by atoms with Gasteiger partial charge in [0.2, 0.25) is 0 Å². The quantitative estimate of drug-likeness (QED) is 0.290. The van der Waals surface area contributed by atoms with Crippen LogP contribution in [0.1, 0.15) is 0 Å². The minimum absolute atomic E-state index is 0.526. The van der Waals surface area contributed by atoms with E-state index in [-0.39, 0.29) is 0 Å². The van der Waals surface area contributed by atoms with E-state index >= 15 is 0 Å². The molecule has 1 saturated heterocycles. The van der Waals surface area contributed by atoms with Crippen molar-refractivity contribution < 1.29 is 30.3 Å². The third-order valence-electron chi connectivity index (χ3n) is 1.87. The highest BCUT2D eigenvalue weighted by atomic mass is 16.6. The summed E-state index contributed by atoms with van der Waals surface area (Å²) < 4.78 is 4.58. The van der Waals surface area contributed by atoms with Crippen molar-refractivity contribution in [3.8, 4) is 0 Å². The van der Waals surface area contributed by atoms with Crippen molar-refractivity contribution in [1.29, 1.82) is 0 Å². The van der Waals surface area contributed by atoms with Crippen molar-refractivity contribution >= 4 is 0 Å². The predicted molar refractivity (Wildman–Crippen MR) is 36.0 cm³/mol. The second kappa shape index (κ2) is 3.65. The Morgan fingerprint density at radius 1 is 0.917 bits per heavy atom. The lowest BCUT2D eigenvalue weighted by Gasteiger charge is -2.37. The standard InChI is InChI=1S/C6H12O6/c7-1-2-3(8)4(9)5(10)6(11)12-2/h2-11H,1H2/t2-,3-,4?,5-,6?/m1/s1. The van der Waals surface area contributed by atoms with Crippen molar-refractivity contribution in [2.24, 2.45) is 0 Å². The summed E-state index contributed by atoms with van der Waals surface area (Å²) in [6.07, 6.45) is -7.04. The van der Waals surface area contributed by atoms with Gasteiger partial charge in [-0.3, -0.25) is 0 Å². The third kappa shape index (κ3) is 1.58. The maximum absolute atomic E-state index is 9.12. The first-order valence-corrected chi connectivity index (χ1v) is 3.56. The average molecular weight is 180 g/mol. The maximum atomic E-state index is 9.12. The number of hydrogen-bond acceptors (Lipinski definition) is 6. The average Bonchev–Trinajstić information content (AvgIpc) is 2.08. The van der Waals surface area contributed by atoms with E-state index in [0.717, 1.165) is 0 Å². The number of aliphatic hydroxyl groups excluding tert-OH is 5. The van der Waals surface area contributed by atoms with Crippen molar-refractivity contribution in [3.63, 3.8) is 0 Å². The van der Waals surface area contributed by atoms with Crippen LogP contribution in [0.2, 0.25) is 0 Å². The van der Waals surface area contributed by atoms with Crippen molar-refractivity contribution in [2.45, 2.75) is 30.7 Å². The third-order valence-corrected chi connectivity index (χ3v) is 1.87. The Labute approximate surface area is 68.6 Å². The van der Waals surface area contributed by atoms with E-state index in [4.69, 9.17) is 25.5 Å². The van der Waals surface area contributed by atoms with Gasteiger partial charge in [0.05, 0.1) is 6.61 Å². The number of aliphatic hydroxyl groups is 5. The molecule has 72 valence electrons. The molecule has 0 aromatic carbocycles. The molecule has 1 rings (SSSR count). The number of hydrogen-bond donors (Lipinski definition) is 5. The molecule has 0 saturated carbocycles. The van der Waals surface area contributed by atoms with E-state index in [9.17, 15) is 0 Å². The van der Waals surface area contributed by atoms with E-state index in [1.165, 1.54) is 0 Å². The lowest BCUT2D eigenvalue weighted by molar-refractivity contribution is -0.286. The van der Waals surface area contributed by atoms with Gasteiger partial charge in [-0.1, -0.05) is 0 Å². The fourth-order valence-corrected chi connectivity index (χ4v) is 1.08. The highest BCUT2D eigenvalue weighted by Gasteiger charge is 2.42. The molecule has 0 aromatic heterocycles. The summed E-state index contributed by atoms with van der Waals surface area (Å²) >= 11 is 0. The molecular formula is C6H12O6. The smallest absolute Gasteiger partial charge is 0.184 e. The Kier molecular flexibility index (Phi) is 2.99. The van der Waals surface area contributed by atoms with Gasteiger partial charge in [0.15, 0.2) is 6.29 Å². The van der Waals surface area contributed by atoms with E-state index < -0.39 is 37.3 Å². The zero-order chi connectivity index (χ0) is 9.30. The van der Waals surface area contributed by atoms with Crippen LogP contribution in [0.3, 0.4) is 0 Å². The molecule has 1 fully saturated rings. The van der Waals surface area contributed by atoms with Crippen molar-refractivity contribution in [1.82, 2.24) is 0 Å². The molecule has 0 aliphatic carbocycles. The molecule has 1 aliphatic heterocycles. The SMILES string of the molecule is OC[C@H]1OC(O)[C@H](O)C(O)[C@@H]1O. The van der Waals surface area contributed by atoms with Crippen LogP contribution in [0.4, 0.5) is 0 Å². The molecule has 0 radical (unpaired) electrons. The summed E-state index contributed by atoms with van der Waals surface area (Å²) in [4.78, 5) is 0. The first-order valence-electron chi connectivity index (χ1n) is 3.56. The van der Waals surface area contributed by atoms with Gasteiger partial charge < -0.3 is 30.3 Å². The van der Waals surface area contributed by atoms with E-state index in [1.54, 1.807) is 0 Å². The summed E-state index contributed by atoms with van der Waals surface area (Å²) in [5.41, 5.74) is 0. The molecule has 6 heteroatoms. The molecule has 0 spiro atoms. The lowest BCUT2D eigenvalue weighted by atomic mass is 10.00. The molecule has 5 atom stereocenters. The largest absolute Gasteiger partial charge is 0.394 e. The minimum Gasteiger partial charge on any atom is -0.394 e. The molecule has 12 heavy (non-hydrogen) atoms. The molecule has 5 N–H and O–H groups in total.